The summed E-state index contributed by atoms with van der Waals surface area (Å²) in [6.07, 6.45) is 3.23. The quantitative estimate of drug-likeness (QED) is 0.892. The molecule has 0 aliphatic rings. The van der Waals surface area contributed by atoms with Crippen LogP contribution in [0.25, 0.3) is 0 Å². The molecule has 108 valence electrons. The van der Waals surface area contributed by atoms with Crippen molar-refractivity contribution in [3.8, 4) is 0 Å². The molecule has 6 heteroatoms. The first-order valence-corrected chi connectivity index (χ1v) is 7.05. The number of aromatic nitrogens is 1. The van der Waals surface area contributed by atoms with E-state index in [9.17, 15) is 4.79 Å². The van der Waals surface area contributed by atoms with Crippen molar-refractivity contribution in [2.45, 2.75) is 25.8 Å². The first-order chi connectivity index (χ1) is 9.19. The highest BCUT2D eigenvalue weighted by Crippen LogP contribution is 2.18. The third kappa shape index (κ3) is 4.59. The Labute approximate surface area is 128 Å². The molecule has 0 radical (unpaired) electrons. The number of nitrogens with one attached hydrogen (secondary N) is 1. The normalized spacial score (nSPS) is 11.5. The van der Waals surface area contributed by atoms with Crippen molar-refractivity contribution in [3.05, 3.63) is 47.0 Å². The molecular weight excluding hydrogens is 294 g/mol. The summed E-state index contributed by atoms with van der Waals surface area (Å²) in [4.78, 5) is 17.2. The van der Waals surface area contributed by atoms with Crippen LogP contribution in [-0.2, 0) is 17.6 Å². The molecule has 20 heavy (non-hydrogen) atoms. The van der Waals surface area contributed by atoms with Crippen molar-refractivity contribution < 1.29 is 4.79 Å². The van der Waals surface area contributed by atoms with Crippen LogP contribution in [0, 0.1) is 0 Å². The monoisotopic (exact) mass is 311 g/mol. The number of amides is 1. The SMILES string of the molecule is CCc1cnc(NC(=O)[C@@H](N)Cc2ccccc2)s1.Cl. The number of benzene rings is 1. The van der Waals surface area contributed by atoms with Crippen molar-refractivity contribution in [1.29, 1.82) is 0 Å². The lowest BCUT2D eigenvalue weighted by Crippen LogP contribution is -2.37. The van der Waals surface area contributed by atoms with Gasteiger partial charge in [0.15, 0.2) is 5.13 Å². The summed E-state index contributed by atoms with van der Waals surface area (Å²) in [6.45, 7) is 2.06. The van der Waals surface area contributed by atoms with Gasteiger partial charge in [0.2, 0.25) is 5.91 Å². The second-order valence-electron chi connectivity index (χ2n) is 4.27. The number of carbonyl (C=O) groups excluding carboxylic acids is 1. The van der Waals surface area contributed by atoms with Gasteiger partial charge in [-0.3, -0.25) is 4.79 Å². The summed E-state index contributed by atoms with van der Waals surface area (Å²) >= 11 is 1.49. The molecule has 1 aromatic heterocycles. The number of carbonyl (C=O) groups is 1. The van der Waals surface area contributed by atoms with Crippen LogP contribution in [0.4, 0.5) is 5.13 Å². The Bertz CT molecular complexity index is 544. The number of hydrogen-bond acceptors (Lipinski definition) is 4. The van der Waals surface area contributed by atoms with Gasteiger partial charge < -0.3 is 11.1 Å². The van der Waals surface area contributed by atoms with Crippen molar-refractivity contribution >= 4 is 34.8 Å². The molecule has 4 nitrogen and oxygen atoms in total. The highest BCUT2D eigenvalue weighted by atomic mass is 35.5. The summed E-state index contributed by atoms with van der Waals surface area (Å²) < 4.78 is 0. The molecule has 2 rings (SSSR count). The van der Waals surface area contributed by atoms with Gasteiger partial charge >= 0.3 is 0 Å². The van der Waals surface area contributed by atoms with Crippen molar-refractivity contribution in [2.75, 3.05) is 5.32 Å². The van der Waals surface area contributed by atoms with Crippen LogP contribution < -0.4 is 11.1 Å². The lowest BCUT2D eigenvalue weighted by molar-refractivity contribution is -0.117. The maximum Gasteiger partial charge on any atom is 0.243 e. The van der Waals surface area contributed by atoms with Gasteiger partial charge in [0, 0.05) is 11.1 Å². The average molecular weight is 312 g/mol. The van der Waals surface area contributed by atoms with Gasteiger partial charge in [-0.2, -0.15) is 0 Å². The number of thiazole rings is 1. The Hall–Kier alpha value is -1.43. The van der Waals surface area contributed by atoms with Crippen molar-refractivity contribution in [1.82, 2.24) is 4.98 Å². The molecule has 3 N–H and O–H groups in total. The zero-order valence-corrected chi connectivity index (χ0v) is 12.8. The molecule has 0 aliphatic heterocycles. The molecule has 0 aliphatic carbocycles. The Morgan fingerprint density at radius 2 is 2.10 bits per heavy atom. The number of anilines is 1. The number of hydrogen-bond donors (Lipinski definition) is 2. The predicted octanol–water partition coefficient (Wildman–Crippen LogP) is 2.64. The molecule has 1 aromatic carbocycles. The van der Waals surface area contributed by atoms with E-state index in [1.807, 2.05) is 30.3 Å². The summed E-state index contributed by atoms with van der Waals surface area (Å²) in [7, 11) is 0. The van der Waals surface area contributed by atoms with Crippen LogP contribution in [-0.4, -0.2) is 16.9 Å². The summed E-state index contributed by atoms with van der Waals surface area (Å²) in [6, 6.07) is 9.19. The summed E-state index contributed by atoms with van der Waals surface area (Å²) in [5.41, 5.74) is 6.96. The predicted molar refractivity (Wildman–Crippen MR) is 85.5 cm³/mol. The van der Waals surface area contributed by atoms with Crippen LogP contribution in [0.3, 0.4) is 0 Å². The van der Waals surface area contributed by atoms with E-state index in [2.05, 4.69) is 17.2 Å². The lowest BCUT2D eigenvalue weighted by Gasteiger charge is -2.10. The number of aryl methyl sites for hydroxylation is 1. The Morgan fingerprint density at radius 3 is 2.70 bits per heavy atom. The highest BCUT2D eigenvalue weighted by molar-refractivity contribution is 7.15. The Kier molecular flexibility index (Phi) is 6.64. The van der Waals surface area contributed by atoms with Gasteiger partial charge in [-0.15, -0.1) is 23.7 Å². The highest BCUT2D eigenvalue weighted by Gasteiger charge is 2.15. The summed E-state index contributed by atoms with van der Waals surface area (Å²) in [5, 5.41) is 3.38. The van der Waals surface area contributed by atoms with E-state index in [-0.39, 0.29) is 18.3 Å². The smallest absolute Gasteiger partial charge is 0.243 e. The molecule has 1 heterocycles. The van der Waals surface area contributed by atoms with Crippen LogP contribution in [0.5, 0.6) is 0 Å². The van der Waals surface area contributed by atoms with E-state index in [1.165, 1.54) is 11.3 Å². The third-order valence-corrected chi connectivity index (χ3v) is 3.82. The minimum absolute atomic E-state index is 0. The molecule has 2 aromatic rings. The minimum atomic E-state index is -0.559. The average Bonchev–Trinajstić information content (AvgIpc) is 2.87. The van der Waals surface area contributed by atoms with Crippen LogP contribution >= 0.6 is 23.7 Å². The standard InChI is InChI=1S/C14H17N3OS.ClH/c1-2-11-9-16-14(19-11)17-13(18)12(15)8-10-6-4-3-5-7-10;/h3-7,9,12H,2,8,15H2,1H3,(H,16,17,18);1H/t12-;/m0./s1. The second-order valence-corrected chi connectivity index (χ2v) is 5.39. The maximum atomic E-state index is 11.9. The molecule has 1 atom stereocenters. The largest absolute Gasteiger partial charge is 0.320 e. The zero-order valence-electron chi connectivity index (χ0n) is 11.2. The number of nitrogens with two attached hydrogens (primary N) is 1. The first-order valence-electron chi connectivity index (χ1n) is 6.24. The molecular formula is C14H18ClN3OS. The van der Waals surface area contributed by atoms with Crippen LogP contribution in [0.15, 0.2) is 36.5 Å². The van der Waals surface area contributed by atoms with E-state index in [0.717, 1.165) is 16.9 Å². The van der Waals surface area contributed by atoms with Gasteiger partial charge in [0.1, 0.15) is 0 Å². The molecule has 0 spiro atoms. The van der Waals surface area contributed by atoms with Crippen molar-refractivity contribution in [2.24, 2.45) is 5.73 Å². The van der Waals surface area contributed by atoms with E-state index in [4.69, 9.17) is 5.73 Å². The molecule has 0 fully saturated rings. The van der Waals surface area contributed by atoms with E-state index < -0.39 is 6.04 Å². The fourth-order valence-corrected chi connectivity index (χ4v) is 2.44. The minimum Gasteiger partial charge on any atom is -0.320 e. The molecule has 0 unspecified atom stereocenters. The van der Waals surface area contributed by atoms with E-state index in [1.54, 1.807) is 6.20 Å². The van der Waals surface area contributed by atoms with Gasteiger partial charge in [-0.25, -0.2) is 4.98 Å². The Balaban J connectivity index is 0.00000200. The van der Waals surface area contributed by atoms with E-state index in [0.29, 0.717) is 11.6 Å². The number of nitrogens with zero attached hydrogens (tertiary/aromatic N) is 1. The van der Waals surface area contributed by atoms with Crippen molar-refractivity contribution in [3.63, 3.8) is 0 Å². The van der Waals surface area contributed by atoms with Gasteiger partial charge in [-0.05, 0) is 18.4 Å². The Morgan fingerprint density at radius 1 is 1.40 bits per heavy atom. The maximum absolute atomic E-state index is 11.9. The topological polar surface area (TPSA) is 68.0 Å². The second kappa shape index (κ2) is 7.99. The van der Waals surface area contributed by atoms with E-state index >= 15 is 0 Å². The molecule has 1 amide bonds. The third-order valence-electron chi connectivity index (χ3n) is 2.77. The zero-order chi connectivity index (χ0) is 13.7. The van der Waals surface area contributed by atoms with Crippen LogP contribution in [0.2, 0.25) is 0 Å². The fraction of sp³-hybridized carbons (Fsp3) is 0.286. The number of halogens is 1. The number of rotatable bonds is 5. The van der Waals surface area contributed by atoms with Gasteiger partial charge in [0.05, 0.1) is 6.04 Å². The lowest BCUT2D eigenvalue weighted by atomic mass is 10.1. The first kappa shape index (κ1) is 16.6. The summed E-state index contributed by atoms with van der Waals surface area (Å²) in [5.74, 6) is -0.194. The van der Waals surface area contributed by atoms with Gasteiger partial charge in [0.25, 0.3) is 0 Å². The molecule has 0 saturated heterocycles. The molecule has 0 saturated carbocycles. The van der Waals surface area contributed by atoms with Crippen LogP contribution in [0.1, 0.15) is 17.4 Å². The fourth-order valence-electron chi connectivity index (χ4n) is 1.69. The van der Waals surface area contributed by atoms with Gasteiger partial charge in [-0.1, -0.05) is 37.3 Å². The molecule has 0 bridgehead atoms.